The molecule has 0 spiro atoms. The quantitative estimate of drug-likeness (QED) is 0.524. The first-order valence-corrected chi connectivity index (χ1v) is 10.9. The molecule has 2 rings (SSSR count). The summed E-state index contributed by atoms with van der Waals surface area (Å²) < 4.78 is 38.2. The lowest BCUT2D eigenvalue weighted by Gasteiger charge is -2.15. The molecule has 0 saturated carbocycles. The first-order chi connectivity index (χ1) is 13.8. The number of amides is 1. The maximum atomic E-state index is 12.6. The Morgan fingerprint density at radius 3 is 2.55 bits per heavy atom. The zero-order valence-corrected chi connectivity index (χ0v) is 17.9. The van der Waals surface area contributed by atoms with Crippen molar-refractivity contribution in [1.82, 2.24) is 10.0 Å². The van der Waals surface area contributed by atoms with Crippen molar-refractivity contribution < 1.29 is 22.7 Å². The maximum absolute atomic E-state index is 12.6. The van der Waals surface area contributed by atoms with Crippen LogP contribution in [0.25, 0.3) is 0 Å². The van der Waals surface area contributed by atoms with Crippen LogP contribution >= 0.6 is 11.6 Å². The van der Waals surface area contributed by atoms with Gasteiger partial charge in [0, 0.05) is 26.3 Å². The Kier molecular flexibility index (Phi) is 8.91. The van der Waals surface area contributed by atoms with Crippen molar-refractivity contribution in [1.29, 1.82) is 0 Å². The minimum absolute atomic E-state index is 0.0154. The van der Waals surface area contributed by atoms with E-state index in [0.29, 0.717) is 19.6 Å². The smallest absolute Gasteiger partial charge is 0.257 e. The molecular weight excluding hydrogens is 416 g/mol. The topological polar surface area (TPSA) is 93.7 Å². The van der Waals surface area contributed by atoms with Crippen molar-refractivity contribution in [2.24, 2.45) is 0 Å². The molecule has 0 radical (unpaired) electrons. The highest BCUT2D eigenvalue weighted by Gasteiger charge is 2.20. The fourth-order valence-electron chi connectivity index (χ4n) is 2.51. The highest BCUT2D eigenvalue weighted by molar-refractivity contribution is 7.89. The Bertz CT molecular complexity index is 906. The van der Waals surface area contributed by atoms with E-state index in [1.54, 1.807) is 14.0 Å². The zero-order valence-electron chi connectivity index (χ0n) is 16.4. The molecule has 0 aliphatic rings. The van der Waals surface area contributed by atoms with Gasteiger partial charge >= 0.3 is 0 Å². The Balaban J connectivity index is 1.96. The molecule has 0 heterocycles. The second kappa shape index (κ2) is 11.2. The van der Waals surface area contributed by atoms with E-state index in [1.807, 2.05) is 30.3 Å². The van der Waals surface area contributed by atoms with Gasteiger partial charge < -0.3 is 14.8 Å². The second-order valence-corrected chi connectivity index (χ2v) is 8.45. The Morgan fingerprint density at radius 2 is 1.90 bits per heavy atom. The first kappa shape index (κ1) is 23.2. The van der Waals surface area contributed by atoms with Gasteiger partial charge in [-0.05, 0) is 37.1 Å². The van der Waals surface area contributed by atoms with Crippen LogP contribution in [-0.2, 0) is 19.6 Å². The molecule has 29 heavy (non-hydrogen) atoms. The number of ether oxygens (including phenoxy) is 2. The summed E-state index contributed by atoms with van der Waals surface area (Å²) in [7, 11) is -2.18. The molecule has 9 heteroatoms. The van der Waals surface area contributed by atoms with Crippen LogP contribution in [-0.4, -0.2) is 41.2 Å². The number of carbonyl (C=O) groups is 1. The zero-order chi connectivity index (χ0) is 21.3. The number of benzene rings is 2. The lowest BCUT2D eigenvalue weighted by atomic mass is 10.1. The number of hydrogen-bond donors (Lipinski definition) is 2. The van der Waals surface area contributed by atoms with Crippen molar-refractivity contribution in [3.63, 3.8) is 0 Å². The average Bonchev–Trinajstić information content (AvgIpc) is 2.70. The Morgan fingerprint density at radius 1 is 1.17 bits per heavy atom. The van der Waals surface area contributed by atoms with Gasteiger partial charge in [-0.25, -0.2) is 13.1 Å². The highest BCUT2D eigenvalue weighted by atomic mass is 35.5. The summed E-state index contributed by atoms with van der Waals surface area (Å²) in [5.74, 6) is -0.0685. The van der Waals surface area contributed by atoms with Gasteiger partial charge in [-0.15, -0.1) is 0 Å². The fourth-order valence-corrected chi connectivity index (χ4v) is 4.07. The normalized spacial score (nSPS) is 12.4. The van der Waals surface area contributed by atoms with Crippen LogP contribution < -0.4 is 14.8 Å². The average molecular weight is 441 g/mol. The molecule has 2 aromatic rings. The van der Waals surface area contributed by atoms with E-state index in [1.165, 1.54) is 18.2 Å². The monoisotopic (exact) mass is 440 g/mol. The van der Waals surface area contributed by atoms with Crippen LogP contribution in [0.15, 0.2) is 53.4 Å². The van der Waals surface area contributed by atoms with Gasteiger partial charge in [0.2, 0.25) is 10.0 Å². The van der Waals surface area contributed by atoms with E-state index in [-0.39, 0.29) is 28.2 Å². The molecule has 2 aromatic carbocycles. The van der Waals surface area contributed by atoms with Gasteiger partial charge in [-0.3, -0.25) is 4.79 Å². The lowest BCUT2D eigenvalue weighted by Crippen LogP contribution is -2.30. The number of hydrogen-bond acceptors (Lipinski definition) is 5. The predicted octanol–water partition coefficient (Wildman–Crippen LogP) is 2.91. The third-order valence-corrected chi connectivity index (χ3v) is 5.89. The molecule has 1 amide bonds. The molecule has 158 valence electrons. The van der Waals surface area contributed by atoms with Gasteiger partial charge in [0.25, 0.3) is 5.91 Å². The van der Waals surface area contributed by atoms with E-state index in [2.05, 4.69) is 10.0 Å². The molecular formula is C20H25ClN2O5S. The van der Waals surface area contributed by atoms with Crippen molar-refractivity contribution in [2.45, 2.75) is 24.3 Å². The third kappa shape index (κ3) is 7.32. The standard InChI is InChI=1S/C20H25ClN2O5S/c1-15(16-7-4-3-5-8-16)23-29(25,26)17-9-10-19(18(21)13-17)28-14-20(24)22-11-6-12-27-2/h3-5,7-10,13,15,23H,6,11-12,14H2,1-2H3,(H,22,24)/t15-/m1/s1. The third-order valence-electron chi connectivity index (χ3n) is 4.05. The summed E-state index contributed by atoms with van der Waals surface area (Å²) in [4.78, 5) is 11.8. The lowest BCUT2D eigenvalue weighted by molar-refractivity contribution is -0.123. The van der Waals surface area contributed by atoms with Crippen LogP contribution in [0.2, 0.25) is 5.02 Å². The van der Waals surface area contributed by atoms with Crippen molar-refractivity contribution in [3.8, 4) is 5.75 Å². The summed E-state index contributed by atoms with van der Waals surface area (Å²) in [6.45, 7) is 2.57. The van der Waals surface area contributed by atoms with Gasteiger partial charge in [-0.2, -0.15) is 0 Å². The number of carbonyl (C=O) groups excluding carboxylic acids is 1. The number of methoxy groups -OCH3 is 1. The molecule has 0 aliphatic carbocycles. The summed E-state index contributed by atoms with van der Waals surface area (Å²) in [6.07, 6.45) is 0.698. The summed E-state index contributed by atoms with van der Waals surface area (Å²) in [5.41, 5.74) is 0.846. The van der Waals surface area contributed by atoms with E-state index in [0.717, 1.165) is 5.56 Å². The highest BCUT2D eigenvalue weighted by Crippen LogP contribution is 2.28. The van der Waals surface area contributed by atoms with Gasteiger partial charge in [0.05, 0.1) is 9.92 Å². The molecule has 0 aliphatic heterocycles. The molecule has 2 N–H and O–H groups in total. The molecule has 0 unspecified atom stereocenters. The maximum Gasteiger partial charge on any atom is 0.257 e. The van der Waals surface area contributed by atoms with Crippen LogP contribution in [0.1, 0.15) is 24.9 Å². The van der Waals surface area contributed by atoms with Crippen LogP contribution in [0.5, 0.6) is 5.75 Å². The first-order valence-electron chi connectivity index (χ1n) is 9.08. The Labute approximate surface area is 176 Å². The summed E-state index contributed by atoms with van der Waals surface area (Å²) in [5, 5.41) is 2.79. The van der Waals surface area contributed by atoms with Gasteiger partial charge in [-0.1, -0.05) is 41.9 Å². The van der Waals surface area contributed by atoms with Crippen LogP contribution in [0.3, 0.4) is 0 Å². The van der Waals surface area contributed by atoms with E-state index in [4.69, 9.17) is 21.1 Å². The Hall–Kier alpha value is -2.13. The molecule has 1 atom stereocenters. The molecule has 0 saturated heterocycles. The largest absolute Gasteiger partial charge is 0.482 e. The molecule has 0 fully saturated rings. The van der Waals surface area contributed by atoms with E-state index < -0.39 is 16.1 Å². The van der Waals surface area contributed by atoms with Gasteiger partial charge in [0.15, 0.2) is 6.61 Å². The number of rotatable bonds is 11. The second-order valence-electron chi connectivity index (χ2n) is 6.33. The fraction of sp³-hybridized carbons (Fsp3) is 0.350. The van der Waals surface area contributed by atoms with Crippen molar-refractivity contribution >= 4 is 27.5 Å². The van der Waals surface area contributed by atoms with Crippen LogP contribution in [0, 0.1) is 0 Å². The number of sulfonamides is 1. The number of halogens is 1. The molecule has 7 nitrogen and oxygen atoms in total. The summed E-state index contributed by atoms with van der Waals surface area (Å²) >= 11 is 6.15. The van der Waals surface area contributed by atoms with E-state index >= 15 is 0 Å². The van der Waals surface area contributed by atoms with Crippen molar-refractivity contribution in [3.05, 3.63) is 59.1 Å². The molecule has 0 bridgehead atoms. The number of nitrogens with one attached hydrogen (secondary N) is 2. The van der Waals surface area contributed by atoms with Crippen molar-refractivity contribution in [2.75, 3.05) is 26.9 Å². The minimum atomic E-state index is -3.78. The predicted molar refractivity (Wildman–Crippen MR) is 112 cm³/mol. The molecule has 0 aromatic heterocycles. The minimum Gasteiger partial charge on any atom is -0.482 e. The SMILES string of the molecule is COCCCNC(=O)COc1ccc(S(=O)(=O)N[C@H](C)c2ccccc2)cc1Cl. The van der Waals surface area contributed by atoms with Crippen LogP contribution in [0.4, 0.5) is 0 Å². The summed E-state index contributed by atoms with van der Waals surface area (Å²) in [6, 6.07) is 13.0. The van der Waals surface area contributed by atoms with E-state index in [9.17, 15) is 13.2 Å². The van der Waals surface area contributed by atoms with Gasteiger partial charge in [0.1, 0.15) is 5.75 Å².